The summed E-state index contributed by atoms with van der Waals surface area (Å²) in [5, 5.41) is 12.5. The zero-order chi connectivity index (χ0) is 21.7. The maximum absolute atomic E-state index is 13.4. The molecule has 0 aliphatic carbocycles. The number of esters is 1. The first kappa shape index (κ1) is 21.3. The summed E-state index contributed by atoms with van der Waals surface area (Å²) in [5.74, 6) is -1.85. The molecule has 3 aromatic carbocycles. The Morgan fingerprint density at radius 1 is 1.07 bits per heavy atom. The first-order chi connectivity index (χ1) is 14.4. The SMILES string of the molecule is COC(=O)[C@H](Cc1ccc(-c2ccc(F)c(Cl)c2)cc1)NC(=O)c1ccccc1O. The van der Waals surface area contributed by atoms with E-state index in [2.05, 4.69) is 5.32 Å². The lowest BCUT2D eigenvalue weighted by Crippen LogP contribution is -2.43. The Morgan fingerprint density at radius 2 is 1.73 bits per heavy atom. The fraction of sp³-hybridized carbons (Fsp3) is 0.130. The van der Waals surface area contributed by atoms with Gasteiger partial charge in [-0.2, -0.15) is 0 Å². The Hall–Kier alpha value is -3.38. The summed E-state index contributed by atoms with van der Waals surface area (Å²) in [6.45, 7) is 0. The van der Waals surface area contributed by atoms with E-state index in [-0.39, 0.29) is 22.8 Å². The molecule has 154 valence electrons. The number of nitrogens with one attached hydrogen (secondary N) is 1. The van der Waals surface area contributed by atoms with E-state index in [4.69, 9.17) is 16.3 Å². The summed E-state index contributed by atoms with van der Waals surface area (Å²) in [6, 6.07) is 16.8. The van der Waals surface area contributed by atoms with Crippen LogP contribution in [0.4, 0.5) is 4.39 Å². The predicted molar refractivity (Wildman–Crippen MR) is 112 cm³/mol. The third kappa shape index (κ3) is 4.96. The Kier molecular flexibility index (Phi) is 6.69. The van der Waals surface area contributed by atoms with Gasteiger partial charge in [0.1, 0.15) is 17.6 Å². The number of halogens is 2. The quantitative estimate of drug-likeness (QED) is 0.573. The average Bonchev–Trinajstić information content (AvgIpc) is 2.75. The molecule has 0 saturated heterocycles. The van der Waals surface area contributed by atoms with Crippen molar-refractivity contribution in [3.8, 4) is 16.9 Å². The van der Waals surface area contributed by atoms with Gasteiger partial charge in [-0.15, -0.1) is 0 Å². The molecule has 0 fully saturated rings. The molecule has 1 amide bonds. The van der Waals surface area contributed by atoms with E-state index in [0.29, 0.717) is 0 Å². The smallest absolute Gasteiger partial charge is 0.328 e. The molecule has 2 N–H and O–H groups in total. The van der Waals surface area contributed by atoms with Crippen LogP contribution in [0.3, 0.4) is 0 Å². The highest BCUT2D eigenvalue weighted by atomic mass is 35.5. The monoisotopic (exact) mass is 427 g/mol. The first-order valence-electron chi connectivity index (χ1n) is 9.10. The third-order valence-corrected chi connectivity index (χ3v) is 4.88. The molecule has 0 saturated carbocycles. The number of aromatic hydroxyl groups is 1. The van der Waals surface area contributed by atoms with Crippen LogP contribution in [0, 0.1) is 5.82 Å². The lowest BCUT2D eigenvalue weighted by molar-refractivity contribution is -0.142. The molecule has 0 bridgehead atoms. The van der Waals surface area contributed by atoms with Gasteiger partial charge >= 0.3 is 5.97 Å². The Balaban J connectivity index is 1.76. The lowest BCUT2D eigenvalue weighted by Gasteiger charge is -2.17. The molecule has 0 radical (unpaired) electrons. The first-order valence-corrected chi connectivity index (χ1v) is 9.48. The summed E-state index contributed by atoms with van der Waals surface area (Å²) >= 11 is 5.84. The number of amides is 1. The van der Waals surface area contributed by atoms with Crippen molar-refractivity contribution in [2.45, 2.75) is 12.5 Å². The molecular weight excluding hydrogens is 409 g/mol. The molecule has 0 unspecified atom stereocenters. The molecular formula is C23H19ClFNO4. The number of carbonyl (C=O) groups excluding carboxylic acids is 2. The second-order valence-electron chi connectivity index (χ2n) is 6.60. The molecule has 0 heterocycles. The number of carbonyl (C=O) groups is 2. The van der Waals surface area contributed by atoms with Gasteiger partial charge in [0.05, 0.1) is 17.7 Å². The molecule has 5 nitrogen and oxygen atoms in total. The second-order valence-corrected chi connectivity index (χ2v) is 7.00. The van der Waals surface area contributed by atoms with E-state index in [0.717, 1.165) is 16.7 Å². The van der Waals surface area contributed by atoms with Crippen LogP contribution in [0.5, 0.6) is 5.75 Å². The average molecular weight is 428 g/mol. The molecule has 3 rings (SSSR count). The summed E-state index contributed by atoms with van der Waals surface area (Å²) < 4.78 is 18.2. The molecule has 1 atom stereocenters. The van der Waals surface area contributed by atoms with Crippen molar-refractivity contribution < 1.29 is 23.8 Å². The van der Waals surface area contributed by atoms with Crippen molar-refractivity contribution in [2.24, 2.45) is 0 Å². The summed E-state index contributed by atoms with van der Waals surface area (Å²) in [7, 11) is 1.24. The van der Waals surface area contributed by atoms with Crippen LogP contribution in [0.15, 0.2) is 66.7 Å². The Morgan fingerprint density at radius 3 is 2.37 bits per heavy atom. The van der Waals surface area contributed by atoms with Gasteiger partial charge in [-0.25, -0.2) is 9.18 Å². The van der Waals surface area contributed by atoms with Gasteiger partial charge in [-0.05, 0) is 41.0 Å². The minimum absolute atomic E-state index is 0.0363. The second kappa shape index (κ2) is 9.41. The van der Waals surface area contributed by atoms with Gasteiger partial charge in [-0.3, -0.25) is 4.79 Å². The predicted octanol–water partition coefficient (Wildman–Crippen LogP) is 4.37. The number of rotatable bonds is 6. The number of phenols is 1. The van der Waals surface area contributed by atoms with Crippen LogP contribution < -0.4 is 5.32 Å². The minimum Gasteiger partial charge on any atom is -0.507 e. The van der Waals surface area contributed by atoms with E-state index < -0.39 is 23.7 Å². The molecule has 7 heteroatoms. The fourth-order valence-corrected chi connectivity index (χ4v) is 3.16. The van der Waals surface area contributed by atoms with Crippen LogP contribution in [0.2, 0.25) is 5.02 Å². The van der Waals surface area contributed by atoms with Gasteiger partial charge in [-0.1, -0.05) is 54.1 Å². The number of ether oxygens (including phenoxy) is 1. The lowest BCUT2D eigenvalue weighted by atomic mass is 10.0. The zero-order valence-electron chi connectivity index (χ0n) is 16.1. The van der Waals surface area contributed by atoms with Crippen molar-refractivity contribution >= 4 is 23.5 Å². The highest BCUT2D eigenvalue weighted by Crippen LogP contribution is 2.25. The van der Waals surface area contributed by atoms with Crippen LogP contribution >= 0.6 is 11.6 Å². The van der Waals surface area contributed by atoms with Gasteiger partial charge in [0.25, 0.3) is 5.91 Å². The number of benzene rings is 3. The van der Waals surface area contributed by atoms with Gasteiger partial charge in [0.2, 0.25) is 0 Å². The maximum Gasteiger partial charge on any atom is 0.328 e. The van der Waals surface area contributed by atoms with E-state index >= 15 is 0 Å². The molecule has 0 aliphatic heterocycles. The topological polar surface area (TPSA) is 75.6 Å². The highest BCUT2D eigenvalue weighted by Gasteiger charge is 2.23. The maximum atomic E-state index is 13.4. The normalized spacial score (nSPS) is 11.6. The van der Waals surface area contributed by atoms with E-state index in [1.54, 1.807) is 30.3 Å². The van der Waals surface area contributed by atoms with Gasteiger partial charge < -0.3 is 15.2 Å². The number of para-hydroxylation sites is 1. The fourth-order valence-electron chi connectivity index (χ4n) is 2.98. The number of phenolic OH excluding ortho intramolecular Hbond substituents is 1. The third-order valence-electron chi connectivity index (χ3n) is 4.59. The molecule has 30 heavy (non-hydrogen) atoms. The van der Waals surface area contributed by atoms with E-state index in [1.807, 2.05) is 12.1 Å². The number of hydrogen-bond acceptors (Lipinski definition) is 4. The van der Waals surface area contributed by atoms with Crippen molar-refractivity contribution in [3.05, 3.63) is 88.7 Å². The van der Waals surface area contributed by atoms with E-state index in [1.165, 1.54) is 31.4 Å². The van der Waals surface area contributed by atoms with Crippen molar-refractivity contribution in [2.75, 3.05) is 7.11 Å². The van der Waals surface area contributed by atoms with E-state index in [9.17, 15) is 19.1 Å². The van der Waals surface area contributed by atoms with Crippen LogP contribution in [-0.4, -0.2) is 30.1 Å². The van der Waals surface area contributed by atoms with Gasteiger partial charge in [0.15, 0.2) is 0 Å². The number of hydrogen-bond donors (Lipinski definition) is 2. The van der Waals surface area contributed by atoms with Crippen molar-refractivity contribution in [3.63, 3.8) is 0 Å². The van der Waals surface area contributed by atoms with Crippen molar-refractivity contribution in [1.29, 1.82) is 0 Å². The van der Waals surface area contributed by atoms with Crippen LogP contribution in [-0.2, 0) is 16.0 Å². The Labute approximate surface area is 178 Å². The molecule has 0 aliphatic rings. The summed E-state index contributed by atoms with van der Waals surface area (Å²) in [5.41, 5.74) is 2.42. The van der Waals surface area contributed by atoms with Gasteiger partial charge in [0, 0.05) is 6.42 Å². The van der Waals surface area contributed by atoms with Crippen LogP contribution in [0.25, 0.3) is 11.1 Å². The zero-order valence-corrected chi connectivity index (χ0v) is 16.8. The Bertz CT molecular complexity index is 1070. The van der Waals surface area contributed by atoms with Crippen LogP contribution in [0.1, 0.15) is 15.9 Å². The molecule has 0 aromatic heterocycles. The summed E-state index contributed by atoms with van der Waals surface area (Å²) in [6.07, 6.45) is 0.191. The van der Waals surface area contributed by atoms with Crippen molar-refractivity contribution in [1.82, 2.24) is 5.32 Å². The standard InChI is InChI=1S/C23H19ClFNO4/c1-30-23(29)20(26-22(28)17-4-2-3-5-21(17)27)12-14-6-8-15(9-7-14)16-10-11-19(25)18(24)13-16/h2-11,13,20,27H,12H2,1H3,(H,26,28)/t20-/m0/s1. The highest BCUT2D eigenvalue weighted by molar-refractivity contribution is 6.31. The largest absolute Gasteiger partial charge is 0.507 e. The number of methoxy groups -OCH3 is 1. The molecule has 0 spiro atoms. The molecule has 3 aromatic rings. The minimum atomic E-state index is -0.937. The summed E-state index contributed by atoms with van der Waals surface area (Å²) in [4.78, 5) is 24.6.